The molecule has 0 radical (unpaired) electrons. The van der Waals surface area contributed by atoms with Gasteiger partial charge in [-0.3, -0.25) is 9.48 Å². The number of aromatic nitrogens is 2. The number of amides is 1. The molecule has 2 aromatic rings. The summed E-state index contributed by atoms with van der Waals surface area (Å²) in [5.41, 5.74) is 1.01. The van der Waals surface area contributed by atoms with Crippen LogP contribution in [0.2, 0.25) is 5.02 Å². The number of nitrogens with zero attached hydrogens (tertiary/aromatic N) is 2. The summed E-state index contributed by atoms with van der Waals surface area (Å²) in [6.45, 7) is 0.227. The lowest BCUT2D eigenvalue weighted by atomic mass is 9.85. The third-order valence-corrected chi connectivity index (χ3v) is 4.11. The van der Waals surface area contributed by atoms with Crippen molar-refractivity contribution < 1.29 is 9.18 Å². The number of benzene rings is 1. The Bertz CT molecular complexity index is 646. The molecule has 1 heterocycles. The standard InChI is InChI=1S/C15H15ClFN3O/c16-13-5-2-6-14(17)12(13)9-20-8-11(7-18-20)19-15(21)10-3-1-4-10/h2,5-8,10H,1,3-4,9H2,(H,19,21). The molecule has 1 aromatic heterocycles. The summed E-state index contributed by atoms with van der Waals surface area (Å²) in [6.07, 6.45) is 6.25. The zero-order chi connectivity index (χ0) is 14.8. The fraction of sp³-hybridized carbons (Fsp3) is 0.333. The minimum atomic E-state index is -0.363. The van der Waals surface area contributed by atoms with Crippen LogP contribution >= 0.6 is 11.6 Å². The van der Waals surface area contributed by atoms with Crippen molar-refractivity contribution in [1.29, 1.82) is 0 Å². The maximum atomic E-state index is 13.7. The van der Waals surface area contributed by atoms with Gasteiger partial charge in [0, 0.05) is 22.7 Å². The minimum Gasteiger partial charge on any atom is -0.323 e. The van der Waals surface area contributed by atoms with E-state index in [0.717, 1.165) is 19.3 Å². The highest BCUT2D eigenvalue weighted by molar-refractivity contribution is 6.31. The van der Waals surface area contributed by atoms with Gasteiger partial charge >= 0.3 is 0 Å². The first kappa shape index (κ1) is 14.1. The molecule has 0 aliphatic heterocycles. The summed E-state index contributed by atoms with van der Waals surface area (Å²) >= 11 is 5.99. The first-order chi connectivity index (χ1) is 10.1. The van der Waals surface area contributed by atoms with Crippen LogP contribution in [0.4, 0.5) is 10.1 Å². The molecular formula is C15H15ClFN3O. The topological polar surface area (TPSA) is 46.9 Å². The average molecular weight is 308 g/mol. The lowest BCUT2D eigenvalue weighted by Gasteiger charge is -2.23. The van der Waals surface area contributed by atoms with Crippen LogP contribution in [0.15, 0.2) is 30.6 Å². The van der Waals surface area contributed by atoms with Gasteiger partial charge in [0.25, 0.3) is 0 Å². The van der Waals surface area contributed by atoms with Crippen molar-refractivity contribution in [3.63, 3.8) is 0 Å². The number of rotatable bonds is 4. The van der Waals surface area contributed by atoms with E-state index in [1.165, 1.54) is 6.07 Å². The zero-order valence-electron chi connectivity index (χ0n) is 11.4. The van der Waals surface area contributed by atoms with Crippen LogP contribution in [0.3, 0.4) is 0 Å². The molecule has 1 saturated carbocycles. The van der Waals surface area contributed by atoms with E-state index in [1.54, 1.807) is 29.2 Å². The van der Waals surface area contributed by atoms with Gasteiger partial charge in [0.15, 0.2) is 0 Å². The van der Waals surface area contributed by atoms with Gasteiger partial charge in [0.1, 0.15) is 5.82 Å². The van der Waals surface area contributed by atoms with Crippen molar-refractivity contribution in [3.8, 4) is 0 Å². The Morgan fingerprint density at radius 2 is 2.29 bits per heavy atom. The van der Waals surface area contributed by atoms with Crippen LogP contribution in [0.25, 0.3) is 0 Å². The second-order valence-corrected chi connectivity index (χ2v) is 5.65. The molecular weight excluding hydrogens is 293 g/mol. The Morgan fingerprint density at radius 1 is 1.48 bits per heavy atom. The Balaban J connectivity index is 1.68. The molecule has 1 fully saturated rings. The Hall–Kier alpha value is -1.88. The summed E-state index contributed by atoms with van der Waals surface area (Å²) < 4.78 is 15.3. The van der Waals surface area contributed by atoms with E-state index >= 15 is 0 Å². The van der Waals surface area contributed by atoms with Crippen molar-refractivity contribution >= 4 is 23.2 Å². The Kier molecular flexibility index (Phi) is 3.92. The number of carbonyl (C=O) groups excluding carboxylic acids is 1. The largest absolute Gasteiger partial charge is 0.323 e. The number of hydrogen-bond donors (Lipinski definition) is 1. The first-order valence-corrected chi connectivity index (χ1v) is 7.27. The number of nitrogens with one attached hydrogen (secondary N) is 1. The van der Waals surface area contributed by atoms with Crippen LogP contribution in [-0.4, -0.2) is 15.7 Å². The number of anilines is 1. The zero-order valence-corrected chi connectivity index (χ0v) is 12.1. The molecule has 1 amide bonds. The van der Waals surface area contributed by atoms with Crippen LogP contribution < -0.4 is 5.32 Å². The third kappa shape index (κ3) is 3.08. The Labute approximate surface area is 126 Å². The highest BCUT2D eigenvalue weighted by Gasteiger charge is 2.25. The molecule has 3 rings (SSSR count). The maximum Gasteiger partial charge on any atom is 0.227 e. The van der Waals surface area contributed by atoms with Gasteiger partial charge in [-0.2, -0.15) is 5.10 Å². The van der Waals surface area contributed by atoms with Crippen molar-refractivity contribution in [2.75, 3.05) is 5.32 Å². The van der Waals surface area contributed by atoms with E-state index < -0.39 is 0 Å². The van der Waals surface area contributed by atoms with Crippen molar-refractivity contribution in [2.24, 2.45) is 5.92 Å². The molecule has 1 aliphatic rings. The molecule has 110 valence electrons. The molecule has 0 spiro atoms. The minimum absolute atomic E-state index is 0.0322. The number of hydrogen-bond acceptors (Lipinski definition) is 2. The molecule has 6 heteroatoms. The maximum absolute atomic E-state index is 13.7. The molecule has 1 aliphatic carbocycles. The fourth-order valence-electron chi connectivity index (χ4n) is 2.27. The first-order valence-electron chi connectivity index (χ1n) is 6.89. The molecule has 0 bridgehead atoms. The summed E-state index contributed by atoms with van der Waals surface area (Å²) in [4.78, 5) is 11.8. The SMILES string of the molecule is O=C(Nc1cnn(Cc2c(F)cccc2Cl)c1)C1CCC1. The molecule has 21 heavy (non-hydrogen) atoms. The van der Waals surface area contributed by atoms with Gasteiger partial charge in [-0.1, -0.05) is 24.1 Å². The summed E-state index contributed by atoms with van der Waals surface area (Å²) in [5, 5.41) is 7.32. The number of halogens is 2. The summed E-state index contributed by atoms with van der Waals surface area (Å²) in [7, 11) is 0. The van der Waals surface area contributed by atoms with Gasteiger partial charge < -0.3 is 5.32 Å². The van der Waals surface area contributed by atoms with Gasteiger partial charge in [-0.15, -0.1) is 0 Å². The second kappa shape index (κ2) is 5.85. The normalized spacial score (nSPS) is 14.8. The molecule has 4 nitrogen and oxygen atoms in total. The van der Waals surface area contributed by atoms with E-state index in [4.69, 9.17) is 11.6 Å². The van der Waals surface area contributed by atoms with Crippen LogP contribution in [0, 0.1) is 11.7 Å². The molecule has 0 saturated heterocycles. The van der Waals surface area contributed by atoms with Crippen LogP contribution in [-0.2, 0) is 11.3 Å². The molecule has 1 N–H and O–H groups in total. The van der Waals surface area contributed by atoms with Crippen LogP contribution in [0.1, 0.15) is 24.8 Å². The molecule has 0 unspecified atom stereocenters. The van der Waals surface area contributed by atoms with Gasteiger partial charge in [-0.05, 0) is 25.0 Å². The van der Waals surface area contributed by atoms with E-state index in [-0.39, 0.29) is 24.2 Å². The lowest BCUT2D eigenvalue weighted by Crippen LogP contribution is -2.27. The quantitative estimate of drug-likeness (QED) is 0.940. The van der Waals surface area contributed by atoms with Gasteiger partial charge in [0.05, 0.1) is 18.4 Å². The average Bonchev–Trinajstić information content (AvgIpc) is 2.79. The smallest absolute Gasteiger partial charge is 0.227 e. The van der Waals surface area contributed by atoms with E-state index in [9.17, 15) is 9.18 Å². The monoisotopic (exact) mass is 307 g/mol. The van der Waals surface area contributed by atoms with Crippen molar-refractivity contribution in [2.45, 2.75) is 25.8 Å². The van der Waals surface area contributed by atoms with Crippen LogP contribution in [0.5, 0.6) is 0 Å². The summed E-state index contributed by atoms with van der Waals surface area (Å²) in [6, 6.07) is 4.57. The predicted octanol–water partition coefficient (Wildman–Crippen LogP) is 3.46. The van der Waals surface area contributed by atoms with E-state index in [2.05, 4.69) is 10.4 Å². The summed E-state index contributed by atoms with van der Waals surface area (Å²) in [5.74, 6) is -0.211. The second-order valence-electron chi connectivity index (χ2n) is 5.24. The van der Waals surface area contributed by atoms with E-state index in [1.807, 2.05) is 0 Å². The highest BCUT2D eigenvalue weighted by atomic mass is 35.5. The van der Waals surface area contributed by atoms with Gasteiger partial charge in [-0.25, -0.2) is 4.39 Å². The molecule has 1 aromatic carbocycles. The predicted molar refractivity (Wildman–Crippen MR) is 78.7 cm³/mol. The third-order valence-electron chi connectivity index (χ3n) is 3.76. The van der Waals surface area contributed by atoms with Crippen molar-refractivity contribution in [3.05, 3.63) is 47.0 Å². The Morgan fingerprint density at radius 3 is 2.95 bits per heavy atom. The highest BCUT2D eigenvalue weighted by Crippen LogP contribution is 2.27. The lowest BCUT2D eigenvalue weighted by molar-refractivity contribution is -0.122. The fourth-order valence-corrected chi connectivity index (χ4v) is 2.50. The van der Waals surface area contributed by atoms with Gasteiger partial charge in [0.2, 0.25) is 5.91 Å². The molecule has 0 atom stereocenters. The van der Waals surface area contributed by atoms with Crippen molar-refractivity contribution in [1.82, 2.24) is 9.78 Å². The number of carbonyl (C=O) groups is 1. The van der Waals surface area contributed by atoms with E-state index in [0.29, 0.717) is 16.3 Å².